The fourth-order valence-electron chi connectivity index (χ4n) is 2.69. The molecule has 0 nitrogen and oxygen atoms in total. The minimum absolute atomic E-state index is 0. The van der Waals surface area contributed by atoms with E-state index in [4.69, 9.17) is 0 Å². The normalized spacial score (nSPS) is 34.9. The molecule has 11 heavy (non-hydrogen) atoms. The molecule has 2 aliphatic carbocycles. The van der Waals surface area contributed by atoms with Crippen LogP contribution in [0.15, 0.2) is 0 Å². The van der Waals surface area contributed by atoms with Crippen LogP contribution in [0.3, 0.4) is 0 Å². The SMILES string of the molecule is C.C.C1CCC2CCCC2C1. The Labute approximate surface area is 72.4 Å². The second kappa shape index (κ2) is 4.79. The largest absolute Gasteiger partial charge is 0.0776 e. The molecule has 0 aromatic heterocycles. The van der Waals surface area contributed by atoms with E-state index in [1.807, 2.05) is 0 Å². The van der Waals surface area contributed by atoms with Crippen molar-refractivity contribution in [2.45, 2.75) is 59.8 Å². The molecule has 2 fully saturated rings. The van der Waals surface area contributed by atoms with Crippen LogP contribution in [0, 0.1) is 11.8 Å². The van der Waals surface area contributed by atoms with E-state index in [2.05, 4.69) is 0 Å². The molecule has 68 valence electrons. The predicted molar refractivity (Wildman–Crippen MR) is 52.8 cm³/mol. The zero-order valence-electron chi connectivity index (χ0n) is 6.10. The molecule has 0 aliphatic heterocycles. The maximum absolute atomic E-state index is 1.56. The van der Waals surface area contributed by atoms with Crippen LogP contribution in [0.25, 0.3) is 0 Å². The molecular weight excluding hydrogens is 132 g/mol. The molecule has 0 bridgehead atoms. The summed E-state index contributed by atoms with van der Waals surface area (Å²) in [7, 11) is 0. The van der Waals surface area contributed by atoms with Crippen LogP contribution >= 0.6 is 0 Å². The number of rotatable bonds is 0. The summed E-state index contributed by atoms with van der Waals surface area (Å²) in [4.78, 5) is 0. The number of hydrogen-bond donors (Lipinski definition) is 0. The van der Waals surface area contributed by atoms with Crippen molar-refractivity contribution in [1.82, 2.24) is 0 Å². The molecule has 0 saturated heterocycles. The average molecular weight is 156 g/mol. The van der Waals surface area contributed by atoms with E-state index < -0.39 is 0 Å². The predicted octanol–water partition coefficient (Wildman–Crippen LogP) is 4.25. The summed E-state index contributed by atoms with van der Waals surface area (Å²) in [5.41, 5.74) is 0. The first-order valence-corrected chi connectivity index (χ1v) is 4.47. The highest BCUT2D eigenvalue weighted by molar-refractivity contribution is 4.80. The van der Waals surface area contributed by atoms with Crippen molar-refractivity contribution in [1.29, 1.82) is 0 Å². The van der Waals surface area contributed by atoms with E-state index in [1.165, 1.54) is 31.1 Å². The molecule has 0 aromatic rings. The lowest BCUT2D eigenvalue weighted by molar-refractivity contribution is 0.277. The highest BCUT2D eigenvalue weighted by Gasteiger charge is 2.28. The highest BCUT2D eigenvalue weighted by atomic mass is 14.3. The van der Waals surface area contributed by atoms with Crippen molar-refractivity contribution in [2.24, 2.45) is 11.8 Å². The Kier molecular flexibility index (Phi) is 4.79. The molecule has 0 amide bonds. The van der Waals surface area contributed by atoms with E-state index in [-0.39, 0.29) is 14.9 Å². The van der Waals surface area contributed by atoms with Crippen molar-refractivity contribution in [3.05, 3.63) is 0 Å². The molecule has 0 aromatic carbocycles. The van der Waals surface area contributed by atoms with Crippen molar-refractivity contribution in [3.63, 3.8) is 0 Å². The maximum atomic E-state index is 1.56. The molecule has 2 unspecified atom stereocenters. The van der Waals surface area contributed by atoms with Gasteiger partial charge in [-0.2, -0.15) is 0 Å². The van der Waals surface area contributed by atoms with Crippen molar-refractivity contribution >= 4 is 0 Å². The van der Waals surface area contributed by atoms with Gasteiger partial charge in [0.25, 0.3) is 0 Å². The fraction of sp³-hybridized carbons (Fsp3) is 1.00. The van der Waals surface area contributed by atoms with E-state index >= 15 is 0 Å². The van der Waals surface area contributed by atoms with E-state index in [1.54, 1.807) is 25.7 Å². The molecule has 2 saturated carbocycles. The lowest BCUT2D eigenvalue weighted by Gasteiger charge is -2.24. The summed E-state index contributed by atoms with van der Waals surface area (Å²) in [6, 6.07) is 0. The lowest BCUT2D eigenvalue weighted by atomic mass is 9.82. The summed E-state index contributed by atoms with van der Waals surface area (Å²) in [5, 5.41) is 0. The monoisotopic (exact) mass is 156 g/mol. The molecule has 2 aliphatic rings. The Balaban J connectivity index is 0.000000500. The zero-order chi connectivity index (χ0) is 6.10. The van der Waals surface area contributed by atoms with Crippen LogP contribution in [0.5, 0.6) is 0 Å². The van der Waals surface area contributed by atoms with Crippen molar-refractivity contribution < 1.29 is 0 Å². The van der Waals surface area contributed by atoms with E-state index in [9.17, 15) is 0 Å². The first kappa shape index (κ1) is 11.0. The van der Waals surface area contributed by atoms with Gasteiger partial charge in [0.1, 0.15) is 0 Å². The van der Waals surface area contributed by atoms with Crippen LogP contribution in [-0.2, 0) is 0 Å². The third-order valence-electron chi connectivity index (χ3n) is 3.22. The first-order chi connectivity index (χ1) is 4.47. The molecule has 2 rings (SSSR count). The Morgan fingerprint density at radius 3 is 1.36 bits per heavy atom. The lowest BCUT2D eigenvalue weighted by Crippen LogP contribution is -2.12. The van der Waals surface area contributed by atoms with Gasteiger partial charge in [-0.1, -0.05) is 59.8 Å². The molecule has 0 heterocycles. The van der Waals surface area contributed by atoms with Crippen molar-refractivity contribution in [2.75, 3.05) is 0 Å². The summed E-state index contributed by atoms with van der Waals surface area (Å²) < 4.78 is 0. The highest BCUT2D eigenvalue weighted by Crippen LogP contribution is 2.41. The second-order valence-electron chi connectivity index (χ2n) is 3.74. The number of fused-ring (bicyclic) bond motifs is 1. The standard InChI is InChI=1S/C9H16.2CH4/c1-2-5-9-7-3-6-8(9)4-1;;/h8-9H,1-7H2;2*1H4. The molecular formula is C11H24. The van der Waals surface area contributed by atoms with Crippen molar-refractivity contribution in [3.8, 4) is 0 Å². The molecule has 0 radical (unpaired) electrons. The third kappa shape index (κ3) is 2.21. The first-order valence-electron chi connectivity index (χ1n) is 4.47. The van der Waals surface area contributed by atoms with Crippen LogP contribution in [0.4, 0.5) is 0 Å². The molecule has 0 heteroatoms. The Morgan fingerprint density at radius 1 is 0.545 bits per heavy atom. The summed E-state index contributed by atoms with van der Waals surface area (Å²) >= 11 is 0. The van der Waals surface area contributed by atoms with Gasteiger partial charge in [-0.15, -0.1) is 0 Å². The third-order valence-corrected chi connectivity index (χ3v) is 3.22. The average Bonchev–Trinajstić information content (AvgIpc) is 2.33. The minimum atomic E-state index is 0. The van der Waals surface area contributed by atoms with Crippen LogP contribution < -0.4 is 0 Å². The minimum Gasteiger partial charge on any atom is -0.0776 e. The smallest absolute Gasteiger partial charge is 0.0386 e. The number of hydrogen-bond acceptors (Lipinski definition) is 0. The van der Waals surface area contributed by atoms with E-state index in [0.29, 0.717) is 0 Å². The van der Waals surface area contributed by atoms with Crippen LogP contribution in [0.1, 0.15) is 59.8 Å². The zero-order valence-corrected chi connectivity index (χ0v) is 6.10. The summed E-state index contributed by atoms with van der Waals surface area (Å²) in [6.45, 7) is 0. The van der Waals surface area contributed by atoms with Gasteiger partial charge in [0.05, 0.1) is 0 Å². The quantitative estimate of drug-likeness (QED) is 0.492. The van der Waals surface area contributed by atoms with Gasteiger partial charge < -0.3 is 0 Å². The Hall–Kier alpha value is 0. The molecule has 0 spiro atoms. The Morgan fingerprint density at radius 2 is 0.909 bits per heavy atom. The van der Waals surface area contributed by atoms with Crippen LogP contribution in [0.2, 0.25) is 0 Å². The second-order valence-corrected chi connectivity index (χ2v) is 3.74. The fourth-order valence-corrected chi connectivity index (χ4v) is 2.69. The van der Waals surface area contributed by atoms with Gasteiger partial charge in [0.2, 0.25) is 0 Å². The Bertz CT molecular complexity index is 84.2. The summed E-state index contributed by atoms with van der Waals surface area (Å²) in [5.74, 6) is 2.33. The molecule has 0 N–H and O–H groups in total. The van der Waals surface area contributed by atoms with E-state index in [0.717, 1.165) is 0 Å². The summed E-state index contributed by atoms with van der Waals surface area (Å²) in [6.07, 6.45) is 10.8. The van der Waals surface area contributed by atoms with Gasteiger partial charge >= 0.3 is 0 Å². The topological polar surface area (TPSA) is 0 Å². The van der Waals surface area contributed by atoms with Gasteiger partial charge in [-0.3, -0.25) is 0 Å². The van der Waals surface area contributed by atoms with Gasteiger partial charge in [0.15, 0.2) is 0 Å². The van der Waals surface area contributed by atoms with Crippen LogP contribution in [-0.4, -0.2) is 0 Å². The van der Waals surface area contributed by atoms with Gasteiger partial charge in [-0.05, 0) is 11.8 Å². The molecule has 2 atom stereocenters. The van der Waals surface area contributed by atoms with Gasteiger partial charge in [-0.25, -0.2) is 0 Å². The maximum Gasteiger partial charge on any atom is -0.0386 e. The van der Waals surface area contributed by atoms with Gasteiger partial charge in [0, 0.05) is 0 Å².